The summed E-state index contributed by atoms with van der Waals surface area (Å²) in [6, 6.07) is 7.74. The van der Waals surface area contributed by atoms with Crippen LogP contribution in [0.15, 0.2) is 36.7 Å². The van der Waals surface area contributed by atoms with Crippen molar-refractivity contribution >= 4 is 11.6 Å². The minimum Gasteiger partial charge on any atom is -0.337 e. The van der Waals surface area contributed by atoms with E-state index in [-0.39, 0.29) is 12.5 Å². The topological polar surface area (TPSA) is 59.0 Å². The average molecular weight is 258 g/mol. The van der Waals surface area contributed by atoms with E-state index in [1.165, 1.54) is 0 Å². The molecule has 0 aliphatic rings. The van der Waals surface area contributed by atoms with E-state index in [0.717, 1.165) is 17.1 Å². The van der Waals surface area contributed by atoms with E-state index in [1.54, 1.807) is 6.20 Å². The van der Waals surface area contributed by atoms with E-state index >= 15 is 0 Å². The lowest BCUT2D eigenvalue weighted by Crippen LogP contribution is -2.28. The molecule has 0 saturated heterocycles. The summed E-state index contributed by atoms with van der Waals surface area (Å²) in [5.74, 6) is 0.850. The number of nitrogens with one attached hydrogen (secondary N) is 2. The molecule has 1 heterocycles. The first-order valence-electron chi connectivity index (χ1n) is 6.18. The summed E-state index contributed by atoms with van der Waals surface area (Å²) in [6.07, 6.45) is 3.62. The monoisotopic (exact) mass is 258 g/mol. The van der Waals surface area contributed by atoms with Crippen LogP contribution in [-0.4, -0.2) is 22.0 Å². The summed E-state index contributed by atoms with van der Waals surface area (Å²) < 4.78 is 1.92. The third-order valence-corrected chi connectivity index (χ3v) is 2.79. The van der Waals surface area contributed by atoms with Gasteiger partial charge in [0.1, 0.15) is 5.82 Å². The Morgan fingerprint density at radius 1 is 1.42 bits per heavy atom. The Morgan fingerprint density at radius 2 is 2.26 bits per heavy atom. The zero-order chi connectivity index (χ0) is 13.7. The SMILES string of the molecule is Cc1cccc(NC(=O)CNCc2nccn2C)c1. The van der Waals surface area contributed by atoms with E-state index in [9.17, 15) is 4.79 Å². The third-order valence-electron chi connectivity index (χ3n) is 2.79. The summed E-state index contributed by atoms with van der Waals surface area (Å²) in [5.41, 5.74) is 1.95. The van der Waals surface area contributed by atoms with Crippen LogP contribution in [0.2, 0.25) is 0 Å². The highest BCUT2D eigenvalue weighted by atomic mass is 16.1. The van der Waals surface area contributed by atoms with Crippen LogP contribution in [0.4, 0.5) is 5.69 Å². The van der Waals surface area contributed by atoms with Gasteiger partial charge in [-0.25, -0.2) is 4.98 Å². The smallest absolute Gasteiger partial charge is 0.238 e. The number of imidazole rings is 1. The van der Waals surface area contributed by atoms with Crippen LogP contribution in [0.1, 0.15) is 11.4 Å². The van der Waals surface area contributed by atoms with Crippen molar-refractivity contribution in [3.63, 3.8) is 0 Å². The van der Waals surface area contributed by atoms with Crippen molar-refractivity contribution < 1.29 is 4.79 Å². The molecule has 2 aromatic rings. The predicted molar refractivity (Wildman–Crippen MR) is 74.7 cm³/mol. The molecule has 0 bridgehead atoms. The Bertz CT molecular complexity index is 562. The van der Waals surface area contributed by atoms with Crippen LogP contribution in [0, 0.1) is 6.92 Å². The van der Waals surface area contributed by atoms with Crippen molar-refractivity contribution in [2.24, 2.45) is 7.05 Å². The molecule has 0 aliphatic carbocycles. The Balaban J connectivity index is 1.77. The van der Waals surface area contributed by atoms with Gasteiger partial charge in [0.25, 0.3) is 0 Å². The molecule has 2 N–H and O–H groups in total. The lowest BCUT2D eigenvalue weighted by atomic mass is 10.2. The molecule has 1 amide bonds. The molecule has 0 unspecified atom stereocenters. The number of carbonyl (C=O) groups excluding carboxylic acids is 1. The van der Waals surface area contributed by atoms with E-state index in [4.69, 9.17) is 0 Å². The molecular formula is C14H18N4O. The van der Waals surface area contributed by atoms with Gasteiger partial charge in [-0.1, -0.05) is 12.1 Å². The highest BCUT2D eigenvalue weighted by molar-refractivity contribution is 5.92. The fourth-order valence-corrected chi connectivity index (χ4v) is 1.78. The summed E-state index contributed by atoms with van der Waals surface area (Å²) >= 11 is 0. The number of aromatic nitrogens is 2. The number of rotatable bonds is 5. The quantitative estimate of drug-likeness (QED) is 0.853. The number of hydrogen-bond donors (Lipinski definition) is 2. The second-order valence-corrected chi connectivity index (χ2v) is 4.48. The standard InChI is InChI=1S/C14H18N4O/c1-11-4-3-5-12(8-11)17-14(19)10-15-9-13-16-6-7-18(13)2/h3-8,15H,9-10H2,1-2H3,(H,17,19). The van der Waals surface area contributed by atoms with E-state index in [0.29, 0.717) is 6.54 Å². The zero-order valence-corrected chi connectivity index (χ0v) is 11.2. The maximum absolute atomic E-state index is 11.7. The maximum Gasteiger partial charge on any atom is 0.238 e. The number of hydrogen-bond acceptors (Lipinski definition) is 3. The molecule has 0 saturated carbocycles. The molecular weight excluding hydrogens is 240 g/mol. The first-order chi connectivity index (χ1) is 9.15. The first-order valence-corrected chi connectivity index (χ1v) is 6.18. The van der Waals surface area contributed by atoms with Crippen LogP contribution in [0.25, 0.3) is 0 Å². The van der Waals surface area contributed by atoms with Gasteiger partial charge in [-0.3, -0.25) is 4.79 Å². The number of benzene rings is 1. The largest absolute Gasteiger partial charge is 0.337 e. The van der Waals surface area contributed by atoms with Crippen LogP contribution >= 0.6 is 0 Å². The molecule has 100 valence electrons. The van der Waals surface area contributed by atoms with E-state index in [1.807, 2.05) is 49.0 Å². The van der Waals surface area contributed by atoms with Crippen molar-refractivity contribution in [2.75, 3.05) is 11.9 Å². The van der Waals surface area contributed by atoms with Gasteiger partial charge < -0.3 is 15.2 Å². The Kier molecular flexibility index (Phi) is 4.30. The number of aryl methyl sites for hydroxylation is 2. The lowest BCUT2D eigenvalue weighted by Gasteiger charge is -2.07. The van der Waals surface area contributed by atoms with Crippen molar-refractivity contribution in [3.8, 4) is 0 Å². The Morgan fingerprint density at radius 3 is 2.95 bits per heavy atom. The highest BCUT2D eigenvalue weighted by Crippen LogP contribution is 2.08. The Labute approximate surface area is 112 Å². The highest BCUT2D eigenvalue weighted by Gasteiger charge is 2.03. The average Bonchev–Trinajstić information content (AvgIpc) is 2.75. The second-order valence-electron chi connectivity index (χ2n) is 4.48. The van der Waals surface area contributed by atoms with Gasteiger partial charge in [0.2, 0.25) is 5.91 Å². The first kappa shape index (κ1) is 13.3. The second kappa shape index (κ2) is 6.15. The molecule has 0 aliphatic heterocycles. The van der Waals surface area contributed by atoms with Crippen molar-refractivity contribution in [3.05, 3.63) is 48.0 Å². The van der Waals surface area contributed by atoms with Crippen LogP contribution in [0.3, 0.4) is 0 Å². The van der Waals surface area contributed by atoms with Crippen molar-refractivity contribution in [2.45, 2.75) is 13.5 Å². The lowest BCUT2D eigenvalue weighted by molar-refractivity contribution is -0.115. The van der Waals surface area contributed by atoms with Gasteiger partial charge in [-0.05, 0) is 24.6 Å². The van der Waals surface area contributed by atoms with Gasteiger partial charge in [-0.15, -0.1) is 0 Å². The molecule has 19 heavy (non-hydrogen) atoms. The molecule has 5 nitrogen and oxygen atoms in total. The molecule has 1 aromatic carbocycles. The zero-order valence-electron chi connectivity index (χ0n) is 11.2. The van der Waals surface area contributed by atoms with Crippen LogP contribution in [0.5, 0.6) is 0 Å². The molecule has 1 aromatic heterocycles. The maximum atomic E-state index is 11.7. The molecule has 2 rings (SSSR count). The number of nitrogens with zero attached hydrogens (tertiary/aromatic N) is 2. The number of anilines is 1. The normalized spacial score (nSPS) is 10.4. The van der Waals surface area contributed by atoms with E-state index < -0.39 is 0 Å². The number of amides is 1. The number of carbonyl (C=O) groups is 1. The summed E-state index contributed by atoms with van der Waals surface area (Å²) in [4.78, 5) is 15.9. The fourth-order valence-electron chi connectivity index (χ4n) is 1.78. The van der Waals surface area contributed by atoms with Gasteiger partial charge >= 0.3 is 0 Å². The van der Waals surface area contributed by atoms with Crippen LogP contribution < -0.4 is 10.6 Å². The summed E-state index contributed by atoms with van der Waals surface area (Å²) in [5, 5.41) is 5.92. The van der Waals surface area contributed by atoms with Crippen molar-refractivity contribution in [1.82, 2.24) is 14.9 Å². The fraction of sp³-hybridized carbons (Fsp3) is 0.286. The van der Waals surface area contributed by atoms with Gasteiger partial charge in [0.05, 0.1) is 13.1 Å². The molecule has 0 atom stereocenters. The van der Waals surface area contributed by atoms with Crippen molar-refractivity contribution in [1.29, 1.82) is 0 Å². The predicted octanol–water partition coefficient (Wildman–Crippen LogP) is 1.46. The minimum absolute atomic E-state index is 0.0557. The molecule has 0 spiro atoms. The van der Waals surface area contributed by atoms with Gasteiger partial charge in [0, 0.05) is 25.1 Å². The molecule has 0 fully saturated rings. The summed E-state index contributed by atoms with van der Waals surface area (Å²) in [7, 11) is 1.93. The molecule has 5 heteroatoms. The third kappa shape index (κ3) is 3.93. The van der Waals surface area contributed by atoms with E-state index in [2.05, 4.69) is 15.6 Å². The Hall–Kier alpha value is -2.14. The van der Waals surface area contributed by atoms with Crippen LogP contribution in [-0.2, 0) is 18.4 Å². The van der Waals surface area contributed by atoms with Gasteiger partial charge in [-0.2, -0.15) is 0 Å². The molecule has 0 radical (unpaired) electrons. The van der Waals surface area contributed by atoms with Gasteiger partial charge in [0.15, 0.2) is 0 Å². The minimum atomic E-state index is -0.0557. The summed E-state index contributed by atoms with van der Waals surface area (Å²) in [6.45, 7) is 2.83.